The number of amides is 2. The zero-order valence-electron chi connectivity index (χ0n) is 14.3. The van der Waals surface area contributed by atoms with Crippen molar-refractivity contribution in [3.8, 4) is 0 Å². The maximum absolute atomic E-state index is 12.5. The van der Waals surface area contributed by atoms with E-state index in [0.717, 1.165) is 24.8 Å². The van der Waals surface area contributed by atoms with Crippen LogP contribution < -0.4 is 0 Å². The molecule has 7 heteroatoms. The second-order valence-corrected chi connectivity index (χ2v) is 8.37. The molecule has 0 radical (unpaired) electrons. The molecule has 0 aromatic heterocycles. The van der Waals surface area contributed by atoms with Crippen molar-refractivity contribution < 1.29 is 22.3 Å². The highest BCUT2D eigenvalue weighted by atomic mass is 32.2. The van der Waals surface area contributed by atoms with Gasteiger partial charge >= 0.3 is 10.1 Å². The number of carbonyl (C=O) groups excluding carboxylic acids is 2. The van der Waals surface area contributed by atoms with Gasteiger partial charge in [0.15, 0.2) is 0 Å². The Morgan fingerprint density at radius 1 is 1.04 bits per heavy atom. The third-order valence-corrected chi connectivity index (χ3v) is 6.34. The molecule has 2 amide bonds. The summed E-state index contributed by atoms with van der Waals surface area (Å²) < 4.78 is 29.9. The Bertz CT molecular complexity index is 909. The average Bonchev–Trinajstić information content (AvgIpc) is 3.30. The molecule has 0 fully saturated rings. The molecule has 26 heavy (non-hydrogen) atoms. The van der Waals surface area contributed by atoms with Crippen LogP contribution >= 0.6 is 0 Å². The second-order valence-electron chi connectivity index (χ2n) is 6.84. The van der Waals surface area contributed by atoms with Crippen molar-refractivity contribution in [3.05, 3.63) is 53.1 Å². The molecule has 0 saturated carbocycles. The molecule has 6 nitrogen and oxygen atoms in total. The molecule has 1 heterocycles. The molecular formula is C19H19NO5S. The molecular weight excluding hydrogens is 354 g/mol. The molecule has 0 saturated heterocycles. The fraction of sp³-hybridized carbons (Fsp3) is 0.368. The van der Waals surface area contributed by atoms with Crippen LogP contribution in [0.1, 0.15) is 31.7 Å². The number of benzene rings is 1. The van der Waals surface area contributed by atoms with Crippen LogP contribution in [0, 0.1) is 11.8 Å². The topological polar surface area (TPSA) is 80.8 Å². The lowest BCUT2D eigenvalue weighted by Crippen LogP contribution is -2.36. The van der Waals surface area contributed by atoms with Crippen LogP contribution in [0.5, 0.6) is 0 Å². The normalized spacial score (nSPS) is 24.1. The van der Waals surface area contributed by atoms with Gasteiger partial charge in [0.05, 0.1) is 4.90 Å². The Labute approximate surface area is 152 Å². The first-order valence-electron chi connectivity index (χ1n) is 8.77. The zero-order valence-corrected chi connectivity index (χ0v) is 15.2. The first-order chi connectivity index (χ1) is 12.4. The van der Waals surface area contributed by atoms with Crippen molar-refractivity contribution >= 4 is 21.9 Å². The monoisotopic (exact) mass is 373 g/mol. The van der Waals surface area contributed by atoms with Gasteiger partial charge in [-0.2, -0.15) is 8.42 Å². The Balaban J connectivity index is 1.52. The van der Waals surface area contributed by atoms with Crippen molar-refractivity contribution in [2.24, 2.45) is 11.8 Å². The number of hydrogen-bond donors (Lipinski definition) is 0. The van der Waals surface area contributed by atoms with E-state index in [0.29, 0.717) is 22.6 Å². The lowest BCUT2D eigenvalue weighted by atomic mass is 9.99. The van der Waals surface area contributed by atoms with E-state index in [1.54, 1.807) is 12.1 Å². The van der Waals surface area contributed by atoms with E-state index in [4.69, 9.17) is 4.28 Å². The summed E-state index contributed by atoms with van der Waals surface area (Å²) in [7, 11) is -4.26. The van der Waals surface area contributed by atoms with E-state index in [1.807, 2.05) is 12.2 Å². The molecule has 1 aromatic rings. The molecule has 1 aliphatic heterocycles. The first-order valence-corrected chi connectivity index (χ1v) is 10.2. The maximum atomic E-state index is 12.5. The van der Waals surface area contributed by atoms with Crippen LogP contribution in [-0.2, 0) is 30.4 Å². The average molecular weight is 373 g/mol. The minimum absolute atomic E-state index is 0.0773. The summed E-state index contributed by atoms with van der Waals surface area (Å²) in [6, 6.07) is 6.33. The van der Waals surface area contributed by atoms with Crippen LogP contribution in [0.15, 0.2) is 52.5 Å². The zero-order chi connectivity index (χ0) is 18.5. The van der Waals surface area contributed by atoms with Gasteiger partial charge in [-0.25, -0.2) is 0 Å². The third-order valence-electron chi connectivity index (χ3n) is 5.15. The number of imide groups is 1. The summed E-state index contributed by atoms with van der Waals surface area (Å²) in [6.45, 7) is 2.09. The van der Waals surface area contributed by atoms with Gasteiger partial charge in [0.1, 0.15) is 0 Å². The van der Waals surface area contributed by atoms with E-state index in [-0.39, 0.29) is 16.7 Å². The number of carbonyl (C=O) groups is 2. The standard InChI is InChI=1S/C19H19NO5S/c1-2-3-4-12-5-9-15(10-6-12)26(23,24)25-20-18(21)16-13-7-8-14(11-13)17(16)19(20)22/h5-10,13-14H,2-4,11H2,1H3. The van der Waals surface area contributed by atoms with Gasteiger partial charge in [-0.15, -0.1) is 9.35 Å². The van der Waals surface area contributed by atoms with Gasteiger partial charge in [-0.3, -0.25) is 9.59 Å². The number of unbranched alkanes of at least 4 members (excludes halogenated alkanes) is 1. The summed E-state index contributed by atoms with van der Waals surface area (Å²) in [5.74, 6) is -1.55. The van der Waals surface area contributed by atoms with Crippen molar-refractivity contribution in [2.75, 3.05) is 0 Å². The van der Waals surface area contributed by atoms with E-state index >= 15 is 0 Å². The lowest BCUT2D eigenvalue weighted by Gasteiger charge is -2.16. The van der Waals surface area contributed by atoms with E-state index < -0.39 is 21.9 Å². The molecule has 0 N–H and O–H groups in total. The first kappa shape index (κ1) is 17.2. The van der Waals surface area contributed by atoms with Gasteiger partial charge in [-0.1, -0.05) is 37.6 Å². The summed E-state index contributed by atoms with van der Waals surface area (Å²) in [4.78, 5) is 24.9. The minimum atomic E-state index is -4.26. The van der Waals surface area contributed by atoms with Crippen molar-refractivity contribution in [1.29, 1.82) is 0 Å². The predicted molar refractivity (Wildman–Crippen MR) is 92.9 cm³/mol. The smallest absolute Gasteiger partial charge is 0.267 e. The fourth-order valence-electron chi connectivity index (χ4n) is 3.80. The summed E-state index contributed by atoms with van der Waals surface area (Å²) in [6.07, 6.45) is 7.43. The fourth-order valence-corrected chi connectivity index (χ4v) is 4.68. The molecule has 4 rings (SSSR count). The van der Waals surface area contributed by atoms with Crippen LogP contribution in [0.2, 0.25) is 0 Å². The van der Waals surface area contributed by atoms with Crippen molar-refractivity contribution in [3.63, 3.8) is 0 Å². The van der Waals surface area contributed by atoms with E-state index in [9.17, 15) is 18.0 Å². The Kier molecular flexibility index (Phi) is 4.08. The highest BCUT2D eigenvalue weighted by Crippen LogP contribution is 2.48. The molecule has 136 valence electrons. The maximum Gasteiger partial charge on any atom is 0.318 e. The third kappa shape index (κ3) is 2.62. The van der Waals surface area contributed by atoms with E-state index in [2.05, 4.69) is 6.92 Å². The molecule has 2 aliphatic carbocycles. The minimum Gasteiger partial charge on any atom is -0.267 e. The molecule has 3 aliphatic rings. The van der Waals surface area contributed by atoms with Gasteiger partial charge in [0.2, 0.25) is 0 Å². The SMILES string of the molecule is CCCCc1ccc(S(=O)(=O)ON2C(=O)C3=C(C2=O)C2C=CC3C2)cc1. The Morgan fingerprint density at radius 3 is 2.15 bits per heavy atom. The summed E-state index contributed by atoms with van der Waals surface area (Å²) in [5.41, 5.74) is 1.79. The summed E-state index contributed by atoms with van der Waals surface area (Å²) >= 11 is 0. The highest BCUT2D eigenvalue weighted by molar-refractivity contribution is 7.86. The molecule has 2 atom stereocenters. The van der Waals surface area contributed by atoms with E-state index in [1.165, 1.54) is 12.1 Å². The van der Waals surface area contributed by atoms with Gasteiger partial charge in [-0.05, 0) is 37.0 Å². The van der Waals surface area contributed by atoms with Crippen LogP contribution in [0.3, 0.4) is 0 Å². The number of hydrogen-bond acceptors (Lipinski definition) is 5. The van der Waals surface area contributed by atoms with Gasteiger partial charge in [0, 0.05) is 23.0 Å². The molecule has 2 bridgehead atoms. The molecule has 0 spiro atoms. The quantitative estimate of drug-likeness (QED) is 0.565. The second kappa shape index (κ2) is 6.17. The number of hydroxylamine groups is 2. The van der Waals surface area contributed by atoms with Crippen LogP contribution in [0.25, 0.3) is 0 Å². The van der Waals surface area contributed by atoms with Gasteiger partial charge < -0.3 is 0 Å². The largest absolute Gasteiger partial charge is 0.318 e. The van der Waals surface area contributed by atoms with Crippen molar-refractivity contribution in [2.45, 2.75) is 37.5 Å². The van der Waals surface area contributed by atoms with Crippen molar-refractivity contribution in [1.82, 2.24) is 5.06 Å². The Hall–Kier alpha value is -2.25. The molecule has 1 aromatic carbocycles. The summed E-state index contributed by atoms with van der Waals surface area (Å²) in [5, 5.41) is 0.400. The van der Waals surface area contributed by atoms with Gasteiger partial charge in [0.25, 0.3) is 11.8 Å². The molecule has 2 unspecified atom stereocenters. The van der Waals surface area contributed by atoms with Crippen LogP contribution in [0.4, 0.5) is 0 Å². The number of rotatable bonds is 6. The highest BCUT2D eigenvalue weighted by Gasteiger charge is 2.52. The predicted octanol–water partition coefficient (Wildman–Crippen LogP) is 2.52. The Morgan fingerprint density at radius 2 is 1.62 bits per heavy atom. The number of nitrogens with zero attached hydrogens (tertiary/aromatic N) is 1. The van der Waals surface area contributed by atoms with Crippen LogP contribution in [-0.4, -0.2) is 25.3 Å². The number of aryl methyl sites for hydroxylation is 1. The lowest BCUT2D eigenvalue weighted by molar-refractivity contribution is -0.163. The number of allylic oxidation sites excluding steroid dienone is 2. The number of fused-ring (bicyclic) bond motifs is 4.